The first-order valence-electron chi connectivity index (χ1n) is 7.77. The highest BCUT2D eigenvalue weighted by atomic mass is 16.4. The van der Waals surface area contributed by atoms with Crippen LogP contribution in [0.1, 0.15) is 23.1 Å². The van der Waals surface area contributed by atoms with E-state index >= 15 is 0 Å². The molecule has 0 aliphatic carbocycles. The molecule has 2 aromatic carbocycles. The highest BCUT2D eigenvalue weighted by molar-refractivity contribution is 5.89. The van der Waals surface area contributed by atoms with Crippen LogP contribution >= 0.6 is 0 Å². The van der Waals surface area contributed by atoms with Gasteiger partial charge in [-0.15, -0.1) is 0 Å². The van der Waals surface area contributed by atoms with Crippen LogP contribution in [0.25, 0.3) is 17.0 Å². The van der Waals surface area contributed by atoms with Gasteiger partial charge >= 0.3 is 5.97 Å². The maximum atomic E-state index is 10.6. The summed E-state index contributed by atoms with van der Waals surface area (Å²) in [5.41, 5.74) is 4.63. The molecule has 0 fully saturated rings. The van der Waals surface area contributed by atoms with Crippen molar-refractivity contribution in [3.05, 3.63) is 77.5 Å². The number of aliphatic carboxylic acids is 1. The van der Waals surface area contributed by atoms with E-state index in [-0.39, 0.29) is 0 Å². The first kappa shape index (κ1) is 15.1. The van der Waals surface area contributed by atoms with Gasteiger partial charge in [0, 0.05) is 23.2 Å². The van der Waals surface area contributed by atoms with Gasteiger partial charge in [0.25, 0.3) is 0 Å². The number of aromatic nitrogens is 1. The molecule has 0 atom stereocenters. The maximum absolute atomic E-state index is 10.6. The van der Waals surface area contributed by atoms with Crippen molar-refractivity contribution in [1.29, 1.82) is 0 Å². The Balaban J connectivity index is 1.73. The minimum atomic E-state index is -0.928. The molecule has 3 nitrogen and oxygen atoms in total. The molecule has 3 heteroatoms. The number of aromatic amines is 1. The Kier molecular flexibility index (Phi) is 4.57. The molecule has 0 unspecified atom stereocenters. The van der Waals surface area contributed by atoms with E-state index in [9.17, 15) is 4.79 Å². The summed E-state index contributed by atoms with van der Waals surface area (Å²) in [5, 5.41) is 9.91. The molecular formula is C20H19NO2. The Morgan fingerprint density at radius 3 is 2.70 bits per heavy atom. The van der Waals surface area contributed by atoms with E-state index in [1.54, 1.807) is 6.08 Å². The number of carboxylic acid groups (broad SMARTS) is 1. The number of hydrogen-bond donors (Lipinski definition) is 2. The lowest BCUT2D eigenvalue weighted by Crippen LogP contribution is -1.89. The number of aryl methyl sites for hydroxylation is 2. The number of benzene rings is 2. The van der Waals surface area contributed by atoms with Crippen molar-refractivity contribution in [2.24, 2.45) is 0 Å². The van der Waals surface area contributed by atoms with Crippen LogP contribution in [0, 0.1) is 0 Å². The quantitative estimate of drug-likeness (QED) is 0.661. The number of rotatable bonds is 6. The number of fused-ring (bicyclic) bond motifs is 1. The van der Waals surface area contributed by atoms with Gasteiger partial charge in [0.2, 0.25) is 0 Å². The SMILES string of the molecule is O=C(O)/C=C/c1ccc2[nH]cc(CCCc3ccccc3)c2c1. The van der Waals surface area contributed by atoms with Crippen LogP contribution in [0.15, 0.2) is 60.8 Å². The molecule has 0 saturated carbocycles. The summed E-state index contributed by atoms with van der Waals surface area (Å²) in [5.74, 6) is -0.928. The average molecular weight is 305 g/mol. The second-order valence-electron chi connectivity index (χ2n) is 5.63. The van der Waals surface area contributed by atoms with Crippen molar-refractivity contribution in [3.63, 3.8) is 0 Å². The molecule has 1 heterocycles. The van der Waals surface area contributed by atoms with Crippen LogP contribution in [0.4, 0.5) is 0 Å². The fraction of sp³-hybridized carbons (Fsp3) is 0.150. The molecule has 0 aliphatic heterocycles. The smallest absolute Gasteiger partial charge is 0.328 e. The number of H-pyrrole nitrogens is 1. The zero-order valence-corrected chi connectivity index (χ0v) is 12.8. The lowest BCUT2D eigenvalue weighted by molar-refractivity contribution is -0.131. The second kappa shape index (κ2) is 6.97. The summed E-state index contributed by atoms with van der Waals surface area (Å²) >= 11 is 0. The molecule has 0 bridgehead atoms. The lowest BCUT2D eigenvalue weighted by Gasteiger charge is -2.02. The van der Waals surface area contributed by atoms with E-state index in [0.29, 0.717) is 0 Å². The molecule has 0 saturated heterocycles. The third kappa shape index (κ3) is 3.89. The van der Waals surface area contributed by atoms with Crippen molar-refractivity contribution >= 4 is 22.9 Å². The van der Waals surface area contributed by atoms with Gasteiger partial charge in [0.05, 0.1) is 0 Å². The molecule has 2 N–H and O–H groups in total. The largest absolute Gasteiger partial charge is 0.478 e. The van der Waals surface area contributed by atoms with Gasteiger partial charge < -0.3 is 10.1 Å². The standard InChI is InChI=1S/C20H19NO2/c22-20(23)12-10-16-9-11-19-18(13-16)17(14-21-19)8-4-7-15-5-2-1-3-6-15/h1-3,5-6,9-14,21H,4,7-8H2,(H,22,23)/b12-10+. The number of carboxylic acids is 1. The minimum Gasteiger partial charge on any atom is -0.478 e. The fourth-order valence-corrected chi connectivity index (χ4v) is 2.80. The van der Waals surface area contributed by atoms with Gasteiger partial charge in [-0.1, -0.05) is 36.4 Å². The summed E-state index contributed by atoms with van der Waals surface area (Å²) in [6, 6.07) is 16.5. The zero-order chi connectivity index (χ0) is 16.1. The fourth-order valence-electron chi connectivity index (χ4n) is 2.80. The number of nitrogens with one attached hydrogen (secondary N) is 1. The second-order valence-corrected chi connectivity index (χ2v) is 5.63. The summed E-state index contributed by atoms with van der Waals surface area (Å²) in [4.78, 5) is 13.9. The normalized spacial score (nSPS) is 11.3. The summed E-state index contributed by atoms with van der Waals surface area (Å²) in [6.07, 6.45) is 8.01. The van der Waals surface area contributed by atoms with Crippen molar-refractivity contribution < 1.29 is 9.90 Å². The van der Waals surface area contributed by atoms with Crippen molar-refractivity contribution in [2.45, 2.75) is 19.3 Å². The highest BCUT2D eigenvalue weighted by Gasteiger charge is 2.04. The third-order valence-electron chi connectivity index (χ3n) is 3.96. The monoisotopic (exact) mass is 305 g/mol. The first-order chi connectivity index (χ1) is 11.2. The summed E-state index contributed by atoms with van der Waals surface area (Å²) < 4.78 is 0. The van der Waals surface area contributed by atoms with Gasteiger partial charge in [-0.3, -0.25) is 0 Å². The van der Waals surface area contributed by atoms with E-state index in [1.807, 2.05) is 24.3 Å². The summed E-state index contributed by atoms with van der Waals surface area (Å²) in [7, 11) is 0. The van der Waals surface area contributed by atoms with Gasteiger partial charge in [-0.05, 0) is 54.2 Å². The highest BCUT2D eigenvalue weighted by Crippen LogP contribution is 2.22. The van der Waals surface area contributed by atoms with Crippen LogP contribution in [-0.2, 0) is 17.6 Å². The molecule has 0 amide bonds. The van der Waals surface area contributed by atoms with Crippen LogP contribution in [0.2, 0.25) is 0 Å². The van der Waals surface area contributed by atoms with E-state index < -0.39 is 5.97 Å². The van der Waals surface area contributed by atoms with Crippen LogP contribution < -0.4 is 0 Å². The van der Waals surface area contributed by atoms with E-state index in [4.69, 9.17) is 5.11 Å². The molecule has 1 aromatic heterocycles. The summed E-state index contributed by atoms with van der Waals surface area (Å²) in [6.45, 7) is 0. The van der Waals surface area contributed by atoms with Crippen LogP contribution in [0.5, 0.6) is 0 Å². The number of carbonyl (C=O) groups is 1. The molecule has 3 rings (SSSR count). The van der Waals surface area contributed by atoms with Crippen molar-refractivity contribution in [1.82, 2.24) is 4.98 Å². The maximum Gasteiger partial charge on any atom is 0.328 e. The molecule has 0 spiro atoms. The zero-order valence-electron chi connectivity index (χ0n) is 12.8. The molecule has 3 aromatic rings. The molecule has 0 radical (unpaired) electrons. The van der Waals surface area contributed by atoms with Crippen LogP contribution in [-0.4, -0.2) is 16.1 Å². The van der Waals surface area contributed by atoms with Gasteiger partial charge in [-0.2, -0.15) is 0 Å². The molecule has 0 aliphatic rings. The topological polar surface area (TPSA) is 53.1 Å². The predicted molar refractivity (Wildman–Crippen MR) is 93.4 cm³/mol. The van der Waals surface area contributed by atoms with Gasteiger partial charge in [0.1, 0.15) is 0 Å². The third-order valence-corrected chi connectivity index (χ3v) is 3.96. The Hall–Kier alpha value is -2.81. The minimum absolute atomic E-state index is 0.906. The van der Waals surface area contributed by atoms with E-state index in [0.717, 1.165) is 30.3 Å². The van der Waals surface area contributed by atoms with Gasteiger partial charge in [0.15, 0.2) is 0 Å². The Bertz CT molecular complexity index is 831. The molecular weight excluding hydrogens is 286 g/mol. The molecule has 23 heavy (non-hydrogen) atoms. The number of hydrogen-bond acceptors (Lipinski definition) is 1. The Morgan fingerprint density at radius 2 is 1.91 bits per heavy atom. The van der Waals surface area contributed by atoms with Crippen molar-refractivity contribution in [3.8, 4) is 0 Å². The van der Waals surface area contributed by atoms with E-state index in [2.05, 4.69) is 35.4 Å². The van der Waals surface area contributed by atoms with Gasteiger partial charge in [-0.25, -0.2) is 4.79 Å². The molecule has 116 valence electrons. The van der Waals surface area contributed by atoms with E-state index in [1.165, 1.54) is 22.6 Å². The van der Waals surface area contributed by atoms with Crippen LogP contribution in [0.3, 0.4) is 0 Å². The Morgan fingerprint density at radius 1 is 1.09 bits per heavy atom. The first-order valence-corrected chi connectivity index (χ1v) is 7.77. The Labute approximate surface area is 135 Å². The lowest BCUT2D eigenvalue weighted by atomic mass is 10.0. The van der Waals surface area contributed by atoms with Crippen molar-refractivity contribution in [2.75, 3.05) is 0 Å². The average Bonchev–Trinajstić information content (AvgIpc) is 2.96. The predicted octanol–water partition coefficient (Wildman–Crippen LogP) is 4.44.